The van der Waals surface area contributed by atoms with Gasteiger partial charge in [-0.2, -0.15) is 0 Å². The summed E-state index contributed by atoms with van der Waals surface area (Å²) in [7, 11) is 0. The zero-order valence-electron chi connectivity index (χ0n) is 5.31. The van der Waals surface area contributed by atoms with Crippen LogP contribution in [0.3, 0.4) is 0 Å². The second-order valence-electron chi connectivity index (χ2n) is 2.27. The van der Waals surface area contributed by atoms with Crippen molar-refractivity contribution in [2.24, 2.45) is 0 Å². The Morgan fingerprint density at radius 3 is 2.78 bits per heavy atom. The molecule has 52 valence electrons. The van der Waals surface area contributed by atoms with E-state index in [1.807, 2.05) is 0 Å². The minimum absolute atomic E-state index is 0. The van der Waals surface area contributed by atoms with E-state index >= 15 is 0 Å². The first-order valence-corrected chi connectivity index (χ1v) is 3.00. The van der Waals surface area contributed by atoms with Crippen LogP contribution in [0.1, 0.15) is 21.2 Å². The van der Waals surface area contributed by atoms with Gasteiger partial charge in [-0.3, -0.25) is 9.59 Å². The number of nitrogens with one attached hydrogen (secondary N) is 1. The molecule has 1 atom stereocenters. The molecule has 0 aromatic heterocycles. The van der Waals surface area contributed by atoms with Crippen LogP contribution in [0.2, 0.25) is 0 Å². The van der Waals surface area contributed by atoms with Crippen molar-refractivity contribution < 1.29 is 11.0 Å². The summed E-state index contributed by atoms with van der Waals surface area (Å²) in [6.45, 7) is 1.50. The number of rotatable bonds is 1. The maximum Gasteiger partial charge on any atom is 0.220 e. The van der Waals surface area contributed by atoms with E-state index < -0.39 is 0 Å². The highest BCUT2D eigenvalue weighted by Gasteiger charge is 2.23. The predicted molar refractivity (Wildman–Crippen MR) is 34.0 cm³/mol. The molecule has 0 radical (unpaired) electrons. The lowest BCUT2D eigenvalue weighted by molar-refractivity contribution is -0.123. The van der Waals surface area contributed by atoms with Crippen molar-refractivity contribution in [2.75, 3.05) is 0 Å². The standard InChI is InChI=1S/C6H9NO2.H2/c1-4(8)5-2-3-6(9)7-5;/h5H,2-3H2,1H3,(H,7,9);1H/t5-;/m1./s1. The van der Waals surface area contributed by atoms with Crippen LogP contribution in [0, 0.1) is 0 Å². The van der Waals surface area contributed by atoms with E-state index in [1.165, 1.54) is 6.92 Å². The monoisotopic (exact) mass is 129 g/mol. The van der Waals surface area contributed by atoms with Gasteiger partial charge < -0.3 is 5.32 Å². The molecule has 1 saturated heterocycles. The third-order valence-electron chi connectivity index (χ3n) is 1.49. The molecule has 0 unspecified atom stereocenters. The zero-order chi connectivity index (χ0) is 6.85. The van der Waals surface area contributed by atoms with Crippen molar-refractivity contribution in [3.8, 4) is 0 Å². The number of Topliss-reactive ketones (excluding diaryl/α,β-unsaturated/α-hetero) is 1. The van der Waals surface area contributed by atoms with Crippen LogP contribution >= 0.6 is 0 Å². The molecule has 0 bridgehead atoms. The first-order chi connectivity index (χ1) is 4.20. The van der Waals surface area contributed by atoms with E-state index in [0.717, 1.165) is 0 Å². The zero-order valence-corrected chi connectivity index (χ0v) is 5.31. The van der Waals surface area contributed by atoms with Crippen LogP contribution < -0.4 is 5.32 Å². The summed E-state index contributed by atoms with van der Waals surface area (Å²) >= 11 is 0. The lowest BCUT2D eigenvalue weighted by atomic mass is 10.2. The van der Waals surface area contributed by atoms with Gasteiger partial charge in [0.05, 0.1) is 6.04 Å². The normalized spacial score (nSPS) is 25.9. The number of amides is 1. The first-order valence-electron chi connectivity index (χ1n) is 3.00. The summed E-state index contributed by atoms with van der Waals surface area (Å²) in [5, 5.41) is 2.56. The van der Waals surface area contributed by atoms with E-state index in [4.69, 9.17) is 0 Å². The quantitative estimate of drug-likeness (QED) is 0.545. The Kier molecular flexibility index (Phi) is 1.51. The molecule has 0 aromatic rings. The van der Waals surface area contributed by atoms with Crippen LogP contribution in [-0.4, -0.2) is 17.7 Å². The fourth-order valence-electron chi connectivity index (χ4n) is 0.919. The van der Waals surface area contributed by atoms with Crippen LogP contribution in [0.4, 0.5) is 0 Å². The molecule has 9 heavy (non-hydrogen) atoms. The van der Waals surface area contributed by atoms with Gasteiger partial charge in [-0.05, 0) is 13.3 Å². The molecule has 1 heterocycles. The maximum atomic E-state index is 10.6. The Balaban J connectivity index is 0.000000810. The highest BCUT2D eigenvalue weighted by molar-refractivity contribution is 5.90. The molecule has 1 fully saturated rings. The van der Waals surface area contributed by atoms with Crippen LogP contribution in [-0.2, 0) is 9.59 Å². The van der Waals surface area contributed by atoms with E-state index in [1.54, 1.807) is 0 Å². The molecule has 0 saturated carbocycles. The Morgan fingerprint density at radius 2 is 2.56 bits per heavy atom. The first kappa shape index (κ1) is 6.26. The summed E-state index contributed by atoms with van der Waals surface area (Å²) in [6, 6.07) is -0.197. The van der Waals surface area contributed by atoms with Crippen molar-refractivity contribution >= 4 is 11.7 Å². The largest absolute Gasteiger partial charge is 0.346 e. The lowest BCUT2D eigenvalue weighted by Crippen LogP contribution is -2.31. The van der Waals surface area contributed by atoms with Crippen molar-refractivity contribution in [3.05, 3.63) is 0 Å². The second-order valence-corrected chi connectivity index (χ2v) is 2.27. The molecule has 0 aliphatic carbocycles. The molecular formula is C6H11NO2. The fraction of sp³-hybridized carbons (Fsp3) is 0.667. The topological polar surface area (TPSA) is 46.2 Å². The van der Waals surface area contributed by atoms with Crippen LogP contribution in [0.15, 0.2) is 0 Å². The average molecular weight is 129 g/mol. The van der Waals surface area contributed by atoms with Crippen molar-refractivity contribution in [2.45, 2.75) is 25.8 Å². The van der Waals surface area contributed by atoms with Gasteiger partial charge in [0.25, 0.3) is 0 Å². The smallest absolute Gasteiger partial charge is 0.220 e. The SMILES string of the molecule is CC(=O)[C@H]1CCC(=O)N1.[HH]. The number of ketones is 1. The molecule has 3 heteroatoms. The molecule has 1 amide bonds. The van der Waals surface area contributed by atoms with Crippen LogP contribution in [0.5, 0.6) is 0 Å². The molecule has 1 aliphatic heterocycles. The highest BCUT2D eigenvalue weighted by Crippen LogP contribution is 2.06. The van der Waals surface area contributed by atoms with Crippen molar-refractivity contribution in [3.63, 3.8) is 0 Å². The Morgan fingerprint density at radius 1 is 1.89 bits per heavy atom. The maximum absolute atomic E-state index is 10.6. The minimum atomic E-state index is -0.197. The molecule has 1 aliphatic rings. The average Bonchev–Trinajstić information content (AvgIpc) is 2.14. The van der Waals surface area contributed by atoms with Crippen LogP contribution in [0.25, 0.3) is 0 Å². The Bertz CT molecular complexity index is 158. The summed E-state index contributed by atoms with van der Waals surface area (Å²) in [5.74, 6) is 0.0519. The Labute approximate surface area is 54.9 Å². The van der Waals surface area contributed by atoms with Gasteiger partial charge in [-0.1, -0.05) is 0 Å². The summed E-state index contributed by atoms with van der Waals surface area (Å²) < 4.78 is 0. The number of carbonyl (C=O) groups excluding carboxylic acids is 2. The van der Waals surface area contributed by atoms with E-state index in [9.17, 15) is 9.59 Å². The lowest BCUT2D eigenvalue weighted by Gasteiger charge is -2.01. The summed E-state index contributed by atoms with van der Waals surface area (Å²) in [6.07, 6.45) is 1.18. The third kappa shape index (κ3) is 1.28. The highest BCUT2D eigenvalue weighted by atomic mass is 16.2. The molecule has 3 nitrogen and oxygen atoms in total. The number of carbonyl (C=O) groups is 2. The predicted octanol–water partition coefficient (Wildman–Crippen LogP) is 0.1000. The van der Waals surface area contributed by atoms with E-state index in [2.05, 4.69) is 5.32 Å². The van der Waals surface area contributed by atoms with Gasteiger partial charge in [0.15, 0.2) is 5.78 Å². The minimum Gasteiger partial charge on any atom is -0.346 e. The summed E-state index contributed by atoms with van der Waals surface area (Å²) in [5.41, 5.74) is 0. The third-order valence-corrected chi connectivity index (χ3v) is 1.49. The van der Waals surface area contributed by atoms with Gasteiger partial charge in [0.2, 0.25) is 5.91 Å². The molecular weight excluding hydrogens is 118 g/mol. The van der Waals surface area contributed by atoms with Gasteiger partial charge in [0, 0.05) is 7.85 Å². The van der Waals surface area contributed by atoms with E-state index in [0.29, 0.717) is 12.8 Å². The van der Waals surface area contributed by atoms with Gasteiger partial charge in [-0.25, -0.2) is 0 Å². The van der Waals surface area contributed by atoms with E-state index in [-0.39, 0.29) is 19.2 Å². The van der Waals surface area contributed by atoms with Crippen molar-refractivity contribution in [1.82, 2.24) is 5.32 Å². The summed E-state index contributed by atoms with van der Waals surface area (Å²) in [4.78, 5) is 21.1. The Hall–Kier alpha value is -0.860. The van der Waals surface area contributed by atoms with Gasteiger partial charge in [0.1, 0.15) is 0 Å². The van der Waals surface area contributed by atoms with Crippen molar-refractivity contribution in [1.29, 1.82) is 0 Å². The molecule has 1 N–H and O–H groups in total. The second kappa shape index (κ2) is 2.17. The van der Waals surface area contributed by atoms with Gasteiger partial charge >= 0.3 is 0 Å². The molecule has 0 spiro atoms. The number of hydrogen-bond acceptors (Lipinski definition) is 2. The molecule has 1 rings (SSSR count). The number of hydrogen-bond donors (Lipinski definition) is 1. The van der Waals surface area contributed by atoms with Gasteiger partial charge in [-0.15, -0.1) is 0 Å². The molecule has 0 aromatic carbocycles. The fourth-order valence-corrected chi connectivity index (χ4v) is 0.919.